The first-order chi connectivity index (χ1) is 6.86. The van der Waals surface area contributed by atoms with Crippen molar-refractivity contribution in [2.45, 2.75) is 0 Å². The molecule has 1 aromatic rings. The Bertz CT molecular complexity index is 463. The van der Waals surface area contributed by atoms with Crippen LogP contribution in [0.5, 0.6) is 0 Å². The summed E-state index contributed by atoms with van der Waals surface area (Å²) >= 11 is 5.17. The Hall–Kier alpha value is -1.76. The number of hydrogen-bond donors (Lipinski definition) is 1. The molecule has 0 bridgehead atoms. The number of rotatable bonds is 2. The van der Waals surface area contributed by atoms with Crippen LogP contribution >= 0.6 is 11.6 Å². The second kappa shape index (κ2) is 3.77. The summed E-state index contributed by atoms with van der Waals surface area (Å²) in [4.78, 5) is 19.3. The Morgan fingerprint density at radius 2 is 2.00 bits per heavy atom. The third-order valence-corrected chi connectivity index (χ3v) is 1.82. The van der Waals surface area contributed by atoms with Crippen molar-refractivity contribution < 1.29 is 23.6 Å². The SMILES string of the molecule is O=C(O)c1cc(Cl)c(F)c([N+](=O)[O-])c1F. The van der Waals surface area contributed by atoms with Crippen LogP contribution in [0, 0.1) is 21.7 Å². The van der Waals surface area contributed by atoms with E-state index < -0.39 is 38.8 Å². The van der Waals surface area contributed by atoms with Gasteiger partial charge in [-0.25, -0.2) is 4.79 Å². The van der Waals surface area contributed by atoms with Gasteiger partial charge in [-0.1, -0.05) is 11.6 Å². The molecule has 15 heavy (non-hydrogen) atoms. The average Bonchev–Trinajstić information content (AvgIpc) is 2.10. The minimum atomic E-state index is -1.77. The monoisotopic (exact) mass is 237 g/mol. The van der Waals surface area contributed by atoms with Gasteiger partial charge in [0.05, 0.1) is 9.95 Å². The van der Waals surface area contributed by atoms with Crippen LogP contribution in [0.3, 0.4) is 0 Å². The zero-order valence-corrected chi connectivity index (χ0v) is 7.59. The molecule has 1 N–H and O–H groups in total. The van der Waals surface area contributed by atoms with Crippen LogP contribution in [0.25, 0.3) is 0 Å². The summed E-state index contributed by atoms with van der Waals surface area (Å²) in [5, 5.41) is 17.9. The maximum absolute atomic E-state index is 13.1. The van der Waals surface area contributed by atoms with Gasteiger partial charge in [0.15, 0.2) is 0 Å². The third kappa shape index (κ3) is 1.86. The summed E-state index contributed by atoms with van der Waals surface area (Å²) in [5.41, 5.74) is -2.62. The average molecular weight is 238 g/mol. The highest BCUT2D eigenvalue weighted by Gasteiger charge is 2.29. The molecule has 0 aliphatic heterocycles. The van der Waals surface area contributed by atoms with E-state index in [0.29, 0.717) is 6.07 Å². The Morgan fingerprint density at radius 1 is 1.47 bits per heavy atom. The Labute approximate surface area is 86.0 Å². The van der Waals surface area contributed by atoms with Crippen LogP contribution in [0.4, 0.5) is 14.5 Å². The van der Waals surface area contributed by atoms with E-state index in [2.05, 4.69) is 0 Å². The second-order valence-electron chi connectivity index (χ2n) is 2.44. The molecule has 0 saturated heterocycles. The fraction of sp³-hybridized carbons (Fsp3) is 0. The Balaban J connectivity index is 3.63. The lowest BCUT2D eigenvalue weighted by Gasteiger charge is -2.01. The lowest BCUT2D eigenvalue weighted by atomic mass is 10.2. The molecule has 0 aliphatic rings. The Morgan fingerprint density at radius 3 is 2.40 bits per heavy atom. The quantitative estimate of drug-likeness (QED) is 0.486. The number of hydrogen-bond acceptors (Lipinski definition) is 3. The number of nitrogens with zero attached hydrogens (tertiary/aromatic N) is 1. The molecule has 0 fully saturated rings. The summed E-state index contributed by atoms with van der Waals surface area (Å²) in [6.07, 6.45) is 0. The van der Waals surface area contributed by atoms with Crippen LogP contribution in [0.1, 0.15) is 10.4 Å². The summed E-state index contributed by atoms with van der Waals surface area (Å²) in [5.74, 6) is -5.11. The standard InChI is InChI=1S/C7H2ClF2NO4/c8-3-1-2(7(12)13)4(9)6(5(3)10)11(14)15/h1H,(H,12,13). The normalized spacial score (nSPS) is 10.1. The van der Waals surface area contributed by atoms with E-state index in [1.165, 1.54) is 0 Å². The number of nitro groups is 1. The minimum Gasteiger partial charge on any atom is -0.478 e. The molecule has 0 amide bonds. The van der Waals surface area contributed by atoms with Gasteiger partial charge in [0, 0.05) is 0 Å². The van der Waals surface area contributed by atoms with Crippen molar-refractivity contribution in [2.75, 3.05) is 0 Å². The molecule has 0 atom stereocenters. The van der Waals surface area contributed by atoms with Crippen molar-refractivity contribution in [2.24, 2.45) is 0 Å². The van der Waals surface area contributed by atoms with E-state index >= 15 is 0 Å². The zero-order chi connectivity index (χ0) is 11.7. The Kier molecular flexibility index (Phi) is 2.85. The van der Waals surface area contributed by atoms with E-state index in [0.717, 1.165) is 0 Å². The first kappa shape index (κ1) is 11.3. The van der Waals surface area contributed by atoms with Gasteiger partial charge in [-0.15, -0.1) is 0 Å². The van der Waals surface area contributed by atoms with Crippen molar-refractivity contribution >= 4 is 23.3 Å². The van der Waals surface area contributed by atoms with Crippen molar-refractivity contribution in [1.29, 1.82) is 0 Å². The highest BCUT2D eigenvalue weighted by atomic mass is 35.5. The minimum absolute atomic E-state index is 0.474. The number of benzene rings is 1. The molecule has 0 saturated carbocycles. The molecule has 1 aromatic carbocycles. The number of carboxylic acids is 1. The zero-order valence-electron chi connectivity index (χ0n) is 6.83. The van der Waals surface area contributed by atoms with Crippen molar-refractivity contribution in [3.8, 4) is 0 Å². The maximum atomic E-state index is 13.1. The van der Waals surface area contributed by atoms with Gasteiger partial charge >= 0.3 is 11.7 Å². The van der Waals surface area contributed by atoms with E-state index in [1.54, 1.807) is 0 Å². The summed E-state index contributed by atoms with van der Waals surface area (Å²) in [7, 11) is 0. The molecule has 0 heterocycles. The van der Waals surface area contributed by atoms with Gasteiger partial charge in [0.2, 0.25) is 11.6 Å². The first-order valence-electron chi connectivity index (χ1n) is 3.41. The van der Waals surface area contributed by atoms with Gasteiger partial charge in [-0.05, 0) is 6.07 Å². The lowest BCUT2D eigenvalue weighted by Crippen LogP contribution is -2.06. The van der Waals surface area contributed by atoms with Gasteiger partial charge in [-0.3, -0.25) is 10.1 Å². The van der Waals surface area contributed by atoms with Crippen molar-refractivity contribution in [1.82, 2.24) is 0 Å². The van der Waals surface area contributed by atoms with Gasteiger partial charge in [0.25, 0.3) is 0 Å². The van der Waals surface area contributed by atoms with E-state index in [4.69, 9.17) is 16.7 Å². The van der Waals surface area contributed by atoms with Gasteiger partial charge in [0.1, 0.15) is 5.56 Å². The number of halogens is 3. The molecule has 0 aromatic heterocycles. The van der Waals surface area contributed by atoms with E-state index in [-0.39, 0.29) is 0 Å². The van der Waals surface area contributed by atoms with Crippen LogP contribution in [0.2, 0.25) is 5.02 Å². The summed E-state index contributed by atoms with van der Waals surface area (Å²) in [6.45, 7) is 0. The summed E-state index contributed by atoms with van der Waals surface area (Å²) in [6, 6.07) is 0.474. The predicted octanol–water partition coefficient (Wildman–Crippen LogP) is 2.22. The lowest BCUT2D eigenvalue weighted by molar-refractivity contribution is -0.390. The molecule has 0 radical (unpaired) electrons. The number of carboxylic acid groups (broad SMARTS) is 1. The third-order valence-electron chi connectivity index (χ3n) is 1.55. The highest BCUT2D eigenvalue weighted by Crippen LogP contribution is 2.30. The molecule has 5 nitrogen and oxygen atoms in total. The molecular formula is C7H2ClF2NO4. The second-order valence-corrected chi connectivity index (χ2v) is 2.85. The maximum Gasteiger partial charge on any atom is 0.342 e. The van der Waals surface area contributed by atoms with Crippen LogP contribution in [-0.2, 0) is 0 Å². The smallest absolute Gasteiger partial charge is 0.342 e. The van der Waals surface area contributed by atoms with Crippen LogP contribution in [-0.4, -0.2) is 16.0 Å². The van der Waals surface area contributed by atoms with Crippen LogP contribution in [0.15, 0.2) is 6.07 Å². The fourth-order valence-corrected chi connectivity index (χ4v) is 1.10. The van der Waals surface area contributed by atoms with Gasteiger partial charge in [-0.2, -0.15) is 8.78 Å². The number of carbonyl (C=O) groups is 1. The molecule has 0 unspecified atom stereocenters. The van der Waals surface area contributed by atoms with Crippen molar-refractivity contribution in [3.05, 3.63) is 38.4 Å². The fourth-order valence-electron chi connectivity index (χ4n) is 0.906. The summed E-state index contributed by atoms with van der Waals surface area (Å²) < 4.78 is 26.0. The molecule has 1 rings (SSSR count). The largest absolute Gasteiger partial charge is 0.478 e. The molecule has 8 heteroatoms. The molecule has 80 valence electrons. The van der Waals surface area contributed by atoms with Crippen LogP contribution < -0.4 is 0 Å². The molecular weight excluding hydrogens is 236 g/mol. The van der Waals surface area contributed by atoms with E-state index in [9.17, 15) is 23.7 Å². The molecule has 0 spiro atoms. The van der Waals surface area contributed by atoms with E-state index in [1.807, 2.05) is 0 Å². The van der Waals surface area contributed by atoms with Crippen molar-refractivity contribution in [3.63, 3.8) is 0 Å². The topological polar surface area (TPSA) is 80.4 Å². The number of aromatic carboxylic acids is 1. The van der Waals surface area contributed by atoms with Gasteiger partial charge < -0.3 is 5.11 Å². The predicted molar refractivity (Wildman–Crippen MR) is 45.0 cm³/mol. The first-order valence-corrected chi connectivity index (χ1v) is 3.79. The number of nitro benzene ring substituents is 1. The molecule has 0 aliphatic carbocycles. The highest BCUT2D eigenvalue weighted by molar-refractivity contribution is 6.31.